The zero-order valence-electron chi connectivity index (χ0n) is 15.9. The summed E-state index contributed by atoms with van der Waals surface area (Å²) in [5.74, 6) is 0.475. The first-order valence-corrected chi connectivity index (χ1v) is 10.7. The summed E-state index contributed by atoms with van der Waals surface area (Å²) >= 11 is 0. The molecule has 2 rings (SSSR count). The van der Waals surface area contributed by atoms with Crippen LogP contribution in [0.25, 0.3) is 0 Å². The Balaban J connectivity index is 1.92. The van der Waals surface area contributed by atoms with E-state index in [-0.39, 0.29) is 22.9 Å². The van der Waals surface area contributed by atoms with Gasteiger partial charge in [0.05, 0.1) is 0 Å². The minimum absolute atomic E-state index is 0.000654. The van der Waals surface area contributed by atoms with E-state index >= 15 is 0 Å². The first kappa shape index (κ1) is 20.9. The highest BCUT2D eigenvalue weighted by Crippen LogP contribution is 2.23. The molecule has 1 aromatic rings. The number of unbranched alkanes of at least 4 members (excludes halogenated alkanes) is 1. The Labute approximate surface area is 156 Å². The van der Waals surface area contributed by atoms with E-state index in [1.54, 1.807) is 18.5 Å². The van der Waals surface area contributed by atoms with Crippen LogP contribution in [0.3, 0.4) is 0 Å². The lowest BCUT2D eigenvalue weighted by Gasteiger charge is -2.30. The Hall–Kier alpha value is -1.45. The van der Waals surface area contributed by atoms with Gasteiger partial charge in [-0.25, -0.2) is 13.4 Å². The monoisotopic (exact) mass is 385 g/mol. The average molecular weight is 386 g/mol. The number of aryl methyl sites for hydroxylation is 2. The van der Waals surface area contributed by atoms with E-state index in [1.807, 2.05) is 0 Å². The van der Waals surface area contributed by atoms with Crippen molar-refractivity contribution in [1.82, 2.24) is 19.2 Å². The van der Waals surface area contributed by atoms with Crippen molar-refractivity contribution in [3.05, 3.63) is 12.0 Å². The second kappa shape index (κ2) is 8.96. The molecule has 8 nitrogen and oxygen atoms in total. The molecule has 1 aliphatic heterocycles. The SMILES string of the molecule is CCCCC(CN)NC(=O)C1CCN(S(=O)(=O)c2cn(C)c(C)n2)CC1. The third-order valence-corrected chi connectivity index (χ3v) is 6.82. The molecule has 1 unspecified atom stereocenters. The fourth-order valence-electron chi connectivity index (χ4n) is 3.16. The molecule has 1 saturated heterocycles. The standard InChI is InChI=1S/C17H31N5O3S/c1-4-5-6-15(11-18)20-17(23)14-7-9-22(10-8-14)26(24,25)16-12-21(3)13(2)19-16/h12,14-15H,4-11,18H2,1-3H3,(H,20,23). The van der Waals surface area contributed by atoms with E-state index in [0.29, 0.717) is 38.3 Å². The molecule has 1 fully saturated rings. The number of aromatic nitrogens is 2. The van der Waals surface area contributed by atoms with E-state index in [2.05, 4.69) is 17.2 Å². The van der Waals surface area contributed by atoms with Crippen LogP contribution in [-0.2, 0) is 21.9 Å². The van der Waals surface area contributed by atoms with Crippen LogP contribution in [0.1, 0.15) is 44.9 Å². The zero-order chi connectivity index (χ0) is 19.3. The topological polar surface area (TPSA) is 110 Å². The number of nitrogens with zero attached hydrogens (tertiary/aromatic N) is 3. The van der Waals surface area contributed by atoms with Crippen LogP contribution in [0.15, 0.2) is 11.2 Å². The van der Waals surface area contributed by atoms with E-state index < -0.39 is 10.0 Å². The summed E-state index contributed by atoms with van der Waals surface area (Å²) in [6.45, 7) is 4.96. The van der Waals surface area contributed by atoms with Crippen molar-refractivity contribution in [1.29, 1.82) is 0 Å². The van der Waals surface area contributed by atoms with E-state index in [1.165, 1.54) is 10.5 Å². The summed E-state index contributed by atoms with van der Waals surface area (Å²) in [5.41, 5.74) is 5.74. The number of sulfonamides is 1. The van der Waals surface area contributed by atoms with Crippen molar-refractivity contribution in [2.75, 3.05) is 19.6 Å². The molecule has 3 N–H and O–H groups in total. The molecule has 148 valence electrons. The van der Waals surface area contributed by atoms with Gasteiger partial charge in [-0.2, -0.15) is 4.31 Å². The summed E-state index contributed by atoms with van der Waals surface area (Å²) in [7, 11) is -1.83. The maximum Gasteiger partial charge on any atom is 0.262 e. The van der Waals surface area contributed by atoms with Gasteiger partial charge in [-0.1, -0.05) is 19.8 Å². The van der Waals surface area contributed by atoms with Crippen molar-refractivity contribution in [3.8, 4) is 0 Å². The molecule has 26 heavy (non-hydrogen) atoms. The lowest BCUT2D eigenvalue weighted by atomic mass is 9.96. The van der Waals surface area contributed by atoms with E-state index in [0.717, 1.165) is 19.3 Å². The third-order valence-electron chi connectivity index (χ3n) is 5.05. The van der Waals surface area contributed by atoms with Crippen LogP contribution in [0, 0.1) is 12.8 Å². The predicted octanol–water partition coefficient (Wildman–Crippen LogP) is 0.763. The second-order valence-corrected chi connectivity index (χ2v) is 8.88. The molecule has 0 aromatic carbocycles. The predicted molar refractivity (Wildman–Crippen MR) is 99.9 cm³/mol. The number of nitrogens with one attached hydrogen (secondary N) is 1. The third kappa shape index (κ3) is 4.83. The molecule has 0 aliphatic carbocycles. The van der Waals surface area contributed by atoms with Crippen LogP contribution in [0.2, 0.25) is 0 Å². The van der Waals surface area contributed by atoms with Crippen LogP contribution in [0.4, 0.5) is 0 Å². The summed E-state index contributed by atoms with van der Waals surface area (Å²) in [4.78, 5) is 16.6. The summed E-state index contributed by atoms with van der Waals surface area (Å²) < 4.78 is 28.5. The minimum atomic E-state index is -3.60. The van der Waals surface area contributed by atoms with Crippen molar-refractivity contribution in [2.45, 2.75) is 57.0 Å². The van der Waals surface area contributed by atoms with Crippen LogP contribution >= 0.6 is 0 Å². The van der Waals surface area contributed by atoms with Crippen LogP contribution < -0.4 is 11.1 Å². The highest BCUT2D eigenvalue weighted by molar-refractivity contribution is 7.89. The van der Waals surface area contributed by atoms with E-state index in [9.17, 15) is 13.2 Å². The summed E-state index contributed by atoms with van der Waals surface area (Å²) in [5, 5.41) is 3.09. The van der Waals surface area contributed by atoms with Crippen LogP contribution in [-0.4, -0.2) is 53.9 Å². The fourth-order valence-corrected chi connectivity index (χ4v) is 4.65. The smallest absolute Gasteiger partial charge is 0.262 e. The number of amides is 1. The first-order valence-electron chi connectivity index (χ1n) is 9.30. The molecule has 1 atom stereocenters. The van der Waals surface area contributed by atoms with Gasteiger partial charge in [-0.15, -0.1) is 0 Å². The molecule has 1 aromatic heterocycles. The Bertz CT molecular complexity index is 688. The van der Waals surface area contributed by atoms with Gasteiger partial charge < -0.3 is 15.6 Å². The summed E-state index contributed by atoms with van der Waals surface area (Å²) in [6, 6.07) is 0.000654. The molecular formula is C17H31N5O3S. The number of hydrogen-bond acceptors (Lipinski definition) is 5. The first-order chi connectivity index (χ1) is 12.3. The molecule has 1 amide bonds. The zero-order valence-corrected chi connectivity index (χ0v) is 16.8. The van der Waals surface area contributed by atoms with Gasteiger partial charge in [-0.3, -0.25) is 4.79 Å². The number of nitrogens with two attached hydrogens (primary N) is 1. The lowest BCUT2D eigenvalue weighted by molar-refractivity contribution is -0.126. The normalized spacial score (nSPS) is 18.0. The highest BCUT2D eigenvalue weighted by Gasteiger charge is 2.33. The number of hydrogen-bond donors (Lipinski definition) is 2. The maximum atomic E-state index is 12.7. The number of imidazole rings is 1. The Morgan fingerprint density at radius 1 is 1.42 bits per heavy atom. The van der Waals surface area contributed by atoms with Gasteiger partial charge >= 0.3 is 0 Å². The van der Waals surface area contributed by atoms with Gasteiger partial charge in [0.25, 0.3) is 10.0 Å². The molecule has 0 saturated carbocycles. The molecule has 1 aliphatic rings. The number of piperidine rings is 1. The van der Waals surface area contributed by atoms with Gasteiger partial charge in [-0.05, 0) is 26.2 Å². The van der Waals surface area contributed by atoms with Gasteiger partial charge in [0.1, 0.15) is 5.82 Å². The Kier molecular flexibility index (Phi) is 7.19. The van der Waals surface area contributed by atoms with Crippen molar-refractivity contribution in [2.24, 2.45) is 18.7 Å². The number of carbonyl (C=O) groups is 1. The molecular weight excluding hydrogens is 354 g/mol. The Morgan fingerprint density at radius 2 is 2.08 bits per heavy atom. The fraction of sp³-hybridized carbons (Fsp3) is 0.765. The van der Waals surface area contributed by atoms with Gasteiger partial charge in [0.2, 0.25) is 5.91 Å². The average Bonchev–Trinajstić information content (AvgIpc) is 2.98. The summed E-state index contributed by atoms with van der Waals surface area (Å²) in [6.07, 6.45) is 5.54. The largest absolute Gasteiger partial charge is 0.352 e. The minimum Gasteiger partial charge on any atom is -0.352 e. The number of carbonyl (C=O) groups excluding carboxylic acids is 1. The van der Waals surface area contributed by atoms with Crippen molar-refractivity contribution >= 4 is 15.9 Å². The molecule has 0 radical (unpaired) electrons. The second-order valence-electron chi connectivity index (χ2n) is 7.00. The Morgan fingerprint density at radius 3 is 2.58 bits per heavy atom. The van der Waals surface area contributed by atoms with Crippen molar-refractivity contribution < 1.29 is 13.2 Å². The van der Waals surface area contributed by atoms with Gasteiger partial charge in [0.15, 0.2) is 5.03 Å². The van der Waals surface area contributed by atoms with E-state index in [4.69, 9.17) is 5.73 Å². The van der Waals surface area contributed by atoms with Crippen LogP contribution in [0.5, 0.6) is 0 Å². The molecule has 0 bridgehead atoms. The van der Waals surface area contributed by atoms with Crippen molar-refractivity contribution in [3.63, 3.8) is 0 Å². The lowest BCUT2D eigenvalue weighted by Crippen LogP contribution is -2.47. The number of rotatable bonds is 8. The molecule has 0 spiro atoms. The highest BCUT2D eigenvalue weighted by atomic mass is 32.2. The molecule has 9 heteroatoms. The maximum absolute atomic E-state index is 12.7. The molecule has 2 heterocycles. The van der Waals surface area contributed by atoms with Gasteiger partial charge in [0, 0.05) is 44.8 Å². The quantitative estimate of drug-likeness (QED) is 0.686.